The van der Waals surface area contributed by atoms with Crippen LogP contribution in [0.4, 0.5) is 23.7 Å². The number of amides is 1. The summed E-state index contributed by atoms with van der Waals surface area (Å²) in [6.45, 7) is 0.693. The first-order valence-corrected chi connectivity index (χ1v) is 9.61. The van der Waals surface area contributed by atoms with E-state index in [9.17, 15) is 27.9 Å². The van der Waals surface area contributed by atoms with Crippen LogP contribution in [0.2, 0.25) is 0 Å². The van der Waals surface area contributed by atoms with E-state index in [1.807, 2.05) is 0 Å². The quantitative estimate of drug-likeness (QED) is 0.534. The number of aromatic amines is 1. The van der Waals surface area contributed by atoms with Crippen LogP contribution in [0.3, 0.4) is 0 Å². The summed E-state index contributed by atoms with van der Waals surface area (Å²) in [5.41, 5.74) is -1.49. The molecule has 0 spiro atoms. The van der Waals surface area contributed by atoms with Crippen molar-refractivity contribution in [2.75, 3.05) is 38.4 Å². The van der Waals surface area contributed by atoms with Gasteiger partial charge in [-0.25, -0.2) is 0 Å². The molecule has 1 N–H and O–H groups in total. The highest BCUT2D eigenvalue weighted by molar-refractivity contribution is 5.92. The second-order valence-electron chi connectivity index (χ2n) is 6.85. The Morgan fingerprint density at radius 2 is 1.84 bits per heavy atom. The number of nitrogens with zero attached hydrogens (tertiary/aromatic N) is 1. The fourth-order valence-corrected chi connectivity index (χ4v) is 3.25. The Morgan fingerprint density at radius 3 is 2.53 bits per heavy atom. The van der Waals surface area contributed by atoms with Crippen LogP contribution in [0.15, 0.2) is 53.3 Å². The van der Waals surface area contributed by atoms with Gasteiger partial charge in [0.1, 0.15) is 6.09 Å². The van der Waals surface area contributed by atoms with Crippen molar-refractivity contribution < 1.29 is 32.5 Å². The molecule has 0 atom stereocenters. The predicted molar refractivity (Wildman–Crippen MR) is 110 cm³/mol. The number of benzene rings is 2. The van der Waals surface area contributed by atoms with Crippen molar-refractivity contribution >= 4 is 22.6 Å². The molecule has 0 aliphatic carbocycles. The van der Waals surface area contributed by atoms with Crippen molar-refractivity contribution in [3.63, 3.8) is 0 Å². The maximum atomic E-state index is 13.4. The van der Waals surface area contributed by atoms with E-state index in [1.165, 1.54) is 49.6 Å². The molecular formula is C22H20F3N2O5-. The number of carbonyl (C=O) groups excluding carboxylic acids is 1. The van der Waals surface area contributed by atoms with Gasteiger partial charge in [0, 0.05) is 36.0 Å². The van der Waals surface area contributed by atoms with Gasteiger partial charge in [0.2, 0.25) is 0 Å². The molecule has 0 bridgehead atoms. The van der Waals surface area contributed by atoms with Crippen molar-refractivity contribution in [2.24, 2.45) is 0 Å². The van der Waals surface area contributed by atoms with Gasteiger partial charge in [-0.15, -0.1) is 0 Å². The number of carboxylic acid groups (broad SMARTS) is 1. The second-order valence-corrected chi connectivity index (χ2v) is 6.85. The summed E-state index contributed by atoms with van der Waals surface area (Å²) in [7, 11) is 1.51. The maximum absolute atomic E-state index is 13.4. The number of hydrogen-bond acceptors (Lipinski definition) is 5. The molecule has 2 aromatic carbocycles. The predicted octanol–water partition coefficient (Wildman–Crippen LogP) is 3.03. The molecule has 0 aliphatic rings. The zero-order valence-corrected chi connectivity index (χ0v) is 17.1. The van der Waals surface area contributed by atoms with Gasteiger partial charge < -0.3 is 29.3 Å². The smallest absolute Gasteiger partial charge is 0.417 e. The highest BCUT2D eigenvalue weighted by Crippen LogP contribution is 2.36. The van der Waals surface area contributed by atoms with Crippen molar-refractivity contribution in [1.82, 2.24) is 4.98 Å². The number of hydrogen-bond donors (Lipinski definition) is 1. The van der Waals surface area contributed by atoms with Crippen LogP contribution < -0.4 is 15.6 Å². The van der Waals surface area contributed by atoms with Gasteiger partial charge in [0.25, 0.3) is 5.56 Å². The average Bonchev–Trinajstić information content (AvgIpc) is 2.75. The minimum absolute atomic E-state index is 0.00600. The number of rotatable bonds is 8. The molecular weight excluding hydrogens is 429 g/mol. The molecule has 0 saturated heterocycles. The molecule has 1 amide bonds. The summed E-state index contributed by atoms with van der Waals surface area (Å²) in [6, 6.07) is 10.6. The van der Waals surface area contributed by atoms with Gasteiger partial charge in [-0.1, -0.05) is 24.3 Å². The number of carbonyl (C=O) groups is 1. The molecule has 7 nitrogen and oxygen atoms in total. The van der Waals surface area contributed by atoms with Crippen molar-refractivity contribution in [3.05, 3.63) is 64.4 Å². The van der Waals surface area contributed by atoms with Crippen LogP contribution in [0, 0.1) is 0 Å². The fraction of sp³-hybridized carbons (Fsp3) is 0.273. The zero-order valence-electron chi connectivity index (χ0n) is 17.1. The lowest BCUT2D eigenvalue weighted by atomic mass is 10.0. The molecule has 170 valence electrons. The van der Waals surface area contributed by atoms with Crippen molar-refractivity contribution in [3.8, 4) is 11.3 Å². The third-order valence-electron chi connectivity index (χ3n) is 4.78. The van der Waals surface area contributed by atoms with Crippen LogP contribution in [-0.4, -0.2) is 44.6 Å². The van der Waals surface area contributed by atoms with E-state index in [0.717, 1.165) is 11.0 Å². The zero-order chi connectivity index (χ0) is 23.3. The van der Waals surface area contributed by atoms with E-state index in [-0.39, 0.29) is 42.1 Å². The number of pyridine rings is 1. The highest BCUT2D eigenvalue weighted by atomic mass is 19.4. The number of ether oxygens (including phenoxy) is 2. The largest absolute Gasteiger partial charge is 0.530 e. The lowest BCUT2D eigenvalue weighted by Gasteiger charge is -2.25. The maximum Gasteiger partial charge on any atom is 0.417 e. The first-order chi connectivity index (χ1) is 15.2. The molecule has 1 heterocycles. The van der Waals surface area contributed by atoms with Crippen LogP contribution in [0.5, 0.6) is 0 Å². The summed E-state index contributed by atoms with van der Waals surface area (Å²) < 4.78 is 50.2. The number of methoxy groups -OCH3 is 1. The van der Waals surface area contributed by atoms with Crippen LogP contribution in [0.1, 0.15) is 5.56 Å². The van der Waals surface area contributed by atoms with Gasteiger partial charge in [-0.3, -0.25) is 4.79 Å². The number of anilines is 1. The summed E-state index contributed by atoms with van der Waals surface area (Å²) in [5.74, 6) is 0. The molecule has 3 aromatic rings. The summed E-state index contributed by atoms with van der Waals surface area (Å²) in [5, 5.41) is 12.0. The minimum Gasteiger partial charge on any atom is -0.530 e. The third kappa shape index (κ3) is 5.27. The first kappa shape index (κ1) is 23.3. The van der Waals surface area contributed by atoms with Gasteiger partial charge in [-0.05, 0) is 29.7 Å². The van der Waals surface area contributed by atoms with E-state index in [1.54, 1.807) is 0 Å². The van der Waals surface area contributed by atoms with E-state index in [2.05, 4.69) is 4.98 Å². The lowest BCUT2D eigenvalue weighted by Crippen LogP contribution is -2.43. The fourth-order valence-electron chi connectivity index (χ4n) is 3.25. The summed E-state index contributed by atoms with van der Waals surface area (Å²) in [4.78, 5) is 27.6. The normalized spacial score (nSPS) is 11.6. The Bertz CT molecular complexity index is 1160. The molecule has 0 saturated carbocycles. The Labute approximate surface area is 181 Å². The van der Waals surface area contributed by atoms with Crippen molar-refractivity contribution in [1.29, 1.82) is 0 Å². The number of aromatic nitrogens is 1. The Balaban J connectivity index is 1.95. The number of nitrogens with one attached hydrogen (secondary N) is 1. The topological polar surface area (TPSA) is 94.7 Å². The molecule has 0 fully saturated rings. The minimum atomic E-state index is -4.59. The van der Waals surface area contributed by atoms with Gasteiger partial charge in [0.05, 0.1) is 25.4 Å². The van der Waals surface area contributed by atoms with E-state index < -0.39 is 23.4 Å². The summed E-state index contributed by atoms with van der Waals surface area (Å²) >= 11 is 0. The molecule has 0 radical (unpaired) electrons. The standard InChI is InChI=1S/C22H21F3N2O5/c1-31-10-11-32-9-8-27(21(29)30)15-7-6-14-12-19(26-20(28)17(14)13-15)16-4-2-3-5-18(16)22(23,24)25/h2-7,12-13H,8-11H2,1H3,(H,26,28)(H,29,30)/p-1. The average molecular weight is 449 g/mol. The molecule has 3 rings (SSSR count). The van der Waals surface area contributed by atoms with Gasteiger partial charge >= 0.3 is 6.18 Å². The molecule has 0 aliphatic heterocycles. The molecule has 0 unspecified atom stereocenters. The van der Waals surface area contributed by atoms with Crippen LogP contribution in [-0.2, 0) is 15.7 Å². The van der Waals surface area contributed by atoms with Crippen molar-refractivity contribution in [2.45, 2.75) is 6.18 Å². The second kappa shape index (κ2) is 9.84. The molecule has 1 aromatic heterocycles. The SMILES string of the molecule is COCCOCCN(C(=O)[O-])c1ccc2cc(-c3ccccc3C(F)(F)F)[nH]c(=O)c2c1. The third-order valence-corrected chi connectivity index (χ3v) is 4.78. The van der Waals surface area contributed by atoms with E-state index in [0.29, 0.717) is 12.0 Å². The Kier molecular flexibility index (Phi) is 7.16. The Morgan fingerprint density at radius 1 is 1.09 bits per heavy atom. The molecule has 10 heteroatoms. The first-order valence-electron chi connectivity index (χ1n) is 9.61. The molecule has 32 heavy (non-hydrogen) atoms. The summed E-state index contributed by atoms with van der Waals surface area (Å²) in [6.07, 6.45) is -6.07. The number of H-pyrrole nitrogens is 1. The van der Waals surface area contributed by atoms with Gasteiger partial charge in [-0.2, -0.15) is 13.2 Å². The van der Waals surface area contributed by atoms with Crippen LogP contribution >= 0.6 is 0 Å². The highest BCUT2D eigenvalue weighted by Gasteiger charge is 2.33. The Hall–Kier alpha value is -3.37. The number of halogens is 3. The number of fused-ring (bicyclic) bond motifs is 1. The lowest BCUT2D eigenvalue weighted by molar-refractivity contribution is -0.246. The van der Waals surface area contributed by atoms with Gasteiger partial charge in [0.15, 0.2) is 0 Å². The van der Waals surface area contributed by atoms with E-state index >= 15 is 0 Å². The number of alkyl halides is 3. The monoisotopic (exact) mass is 449 g/mol. The van der Waals surface area contributed by atoms with E-state index in [4.69, 9.17) is 9.47 Å². The van der Waals surface area contributed by atoms with Crippen LogP contribution in [0.25, 0.3) is 22.0 Å².